The zero-order valence-electron chi connectivity index (χ0n) is 10.2. The van der Waals surface area contributed by atoms with Crippen LogP contribution in [0, 0.1) is 11.3 Å². The zero-order valence-corrected chi connectivity index (χ0v) is 11.0. The van der Waals surface area contributed by atoms with E-state index in [9.17, 15) is 4.79 Å². The third kappa shape index (κ3) is 4.64. The van der Waals surface area contributed by atoms with Gasteiger partial charge in [-0.25, -0.2) is 0 Å². The van der Waals surface area contributed by atoms with Gasteiger partial charge in [-0.05, 0) is 24.6 Å². The number of benzene rings is 1. The Kier molecular flexibility index (Phi) is 6.03. The Morgan fingerprint density at radius 2 is 2.33 bits per heavy atom. The second kappa shape index (κ2) is 7.57. The number of esters is 1. The summed E-state index contributed by atoms with van der Waals surface area (Å²) in [5.41, 5.74) is 0.984. The molecule has 5 heteroatoms. The van der Waals surface area contributed by atoms with E-state index >= 15 is 0 Å². The highest BCUT2D eigenvalue weighted by Crippen LogP contribution is 2.20. The van der Waals surface area contributed by atoms with Gasteiger partial charge >= 0.3 is 5.97 Å². The Labute approximate surface area is 112 Å². The Bertz CT molecular complexity index is 455. The molecule has 0 fully saturated rings. The molecule has 0 amide bonds. The van der Waals surface area contributed by atoms with E-state index in [2.05, 4.69) is 5.32 Å². The summed E-state index contributed by atoms with van der Waals surface area (Å²) in [4.78, 5) is 11.4. The molecule has 0 radical (unpaired) electrons. The highest BCUT2D eigenvalue weighted by Gasteiger charge is 2.06. The van der Waals surface area contributed by atoms with Crippen LogP contribution in [0.5, 0.6) is 0 Å². The molecular formula is C13H15ClN2O2. The molecule has 1 aromatic rings. The van der Waals surface area contributed by atoms with Crippen LogP contribution in [-0.4, -0.2) is 19.1 Å². The molecule has 0 unspecified atom stereocenters. The minimum Gasteiger partial charge on any atom is -0.464 e. The van der Waals surface area contributed by atoms with Crippen molar-refractivity contribution in [2.75, 3.05) is 18.5 Å². The highest BCUT2D eigenvalue weighted by molar-refractivity contribution is 6.30. The molecule has 0 saturated carbocycles. The first-order chi connectivity index (χ1) is 8.67. The lowest BCUT2D eigenvalue weighted by molar-refractivity contribution is -0.141. The molecule has 1 rings (SSSR count). The molecule has 0 aromatic heterocycles. The number of anilines is 1. The van der Waals surface area contributed by atoms with Gasteiger partial charge in [0.05, 0.1) is 17.9 Å². The van der Waals surface area contributed by atoms with E-state index in [0.29, 0.717) is 22.9 Å². The van der Waals surface area contributed by atoms with Gasteiger partial charge < -0.3 is 10.1 Å². The molecule has 0 heterocycles. The molecule has 18 heavy (non-hydrogen) atoms. The molecule has 0 aliphatic rings. The molecule has 96 valence electrons. The van der Waals surface area contributed by atoms with Crippen molar-refractivity contribution in [2.45, 2.75) is 19.8 Å². The van der Waals surface area contributed by atoms with Gasteiger partial charge in [0.2, 0.25) is 0 Å². The van der Waals surface area contributed by atoms with Crippen molar-refractivity contribution in [3.05, 3.63) is 28.8 Å². The molecule has 1 N–H and O–H groups in total. The number of ether oxygens (including phenoxy) is 1. The molecule has 0 aliphatic carbocycles. The molecular weight excluding hydrogens is 252 g/mol. The monoisotopic (exact) mass is 266 g/mol. The van der Waals surface area contributed by atoms with Gasteiger partial charge in [0, 0.05) is 5.02 Å². The van der Waals surface area contributed by atoms with Gasteiger partial charge in [-0.2, -0.15) is 5.26 Å². The van der Waals surface area contributed by atoms with Crippen LogP contribution in [0.15, 0.2) is 18.2 Å². The van der Waals surface area contributed by atoms with Crippen molar-refractivity contribution in [1.82, 2.24) is 0 Å². The second-order valence-electron chi connectivity index (χ2n) is 3.73. The maximum Gasteiger partial charge on any atom is 0.325 e. The average Bonchev–Trinajstić information content (AvgIpc) is 2.37. The molecule has 4 nitrogen and oxygen atoms in total. The quantitative estimate of drug-likeness (QED) is 0.635. The fourth-order valence-corrected chi connectivity index (χ4v) is 1.48. The Hall–Kier alpha value is -1.73. The van der Waals surface area contributed by atoms with Crippen LogP contribution >= 0.6 is 11.6 Å². The van der Waals surface area contributed by atoms with Gasteiger partial charge in [0.25, 0.3) is 0 Å². The first kappa shape index (κ1) is 14.3. The second-order valence-corrected chi connectivity index (χ2v) is 4.17. The van der Waals surface area contributed by atoms with Crippen LogP contribution in [0.25, 0.3) is 0 Å². The van der Waals surface area contributed by atoms with Crippen molar-refractivity contribution >= 4 is 23.3 Å². The van der Waals surface area contributed by atoms with E-state index in [1.165, 1.54) is 0 Å². The van der Waals surface area contributed by atoms with E-state index in [1.807, 2.05) is 13.0 Å². The van der Waals surface area contributed by atoms with Gasteiger partial charge in [-0.15, -0.1) is 0 Å². The number of nitrogens with one attached hydrogen (secondary N) is 1. The summed E-state index contributed by atoms with van der Waals surface area (Å²) < 4.78 is 4.99. The number of carbonyl (C=O) groups is 1. The standard InChI is InChI=1S/C13H15ClN2O2/c1-2-3-6-18-13(17)9-16-12-7-11(14)5-4-10(12)8-15/h4-5,7,16H,2-3,6,9H2,1H3. The summed E-state index contributed by atoms with van der Waals surface area (Å²) in [6.45, 7) is 2.48. The minimum absolute atomic E-state index is 0.0265. The first-order valence-corrected chi connectivity index (χ1v) is 6.14. The van der Waals surface area contributed by atoms with E-state index < -0.39 is 0 Å². The lowest BCUT2D eigenvalue weighted by Gasteiger charge is -2.08. The number of nitrogens with zero attached hydrogens (tertiary/aromatic N) is 1. The predicted molar refractivity (Wildman–Crippen MR) is 70.5 cm³/mol. The van der Waals surface area contributed by atoms with E-state index in [1.54, 1.807) is 18.2 Å². The smallest absolute Gasteiger partial charge is 0.325 e. The van der Waals surface area contributed by atoms with Crippen LogP contribution in [0.3, 0.4) is 0 Å². The number of carbonyl (C=O) groups excluding carboxylic acids is 1. The number of rotatable bonds is 6. The van der Waals surface area contributed by atoms with Gasteiger partial charge in [0.15, 0.2) is 0 Å². The molecule has 0 saturated heterocycles. The summed E-state index contributed by atoms with van der Waals surface area (Å²) >= 11 is 5.83. The summed E-state index contributed by atoms with van der Waals surface area (Å²) in [5.74, 6) is -0.340. The molecule has 0 atom stereocenters. The number of unbranched alkanes of at least 4 members (excludes halogenated alkanes) is 1. The molecule has 0 aliphatic heterocycles. The van der Waals surface area contributed by atoms with Crippen molar-refractivity contribution in [2.24, 2.45) is 0 Å². The summed E-state index contributed by atoms with van der Waals surface area (Å²) in [6, 6.07) is 6.87. The summed E-state index contributed by atoms with van der Waals surface area (Å²) in [7, 11) is 0. The Morgan fingerprint density at radius 1 is 1.56 bits per heavy atom. The van der Waals surface area contributed by atoms with Crippen LogP contribution in [0.1, 0.15) is 25.3 Å². The average molecular weight is 267 g/mol. The maximum atomic E-state index is 11.4. The van der Waals surface area contributed by atoms with Crippen LogP contribution in [0.2, 0.25) is 5.02 Å². The number of hydrogen-bond acceptors (Lipinski definition) is 4. The third-order valence-electron chi connectivity index (χ3n) is 2.29. The Balaban J connectivity index is 2.50. The largest absolute Gasteiger partial charge is 0.464 e. The summed E-state index contributed by atoms with van der Waals surface area (Å²) in [6.07, 6.45) is 1.83. The van der Waals surface area contributed by atoms with Gasteiger partial charge in [-0.1, -0.05) is 24.9 Å². The fraction of sp³-hybridized carbons (Fsp3) is 0.385. The van der Waals surface area contributed by atoms with Gasteiger partial charge in [0.1, 0.15) is 12.6 Å². The lowest BCUT2D eigenvalue weighted by atomic mass is 10.2. The number of nitriles is 1. The van der Waals surface area contributed by atoms with Crippen molar-refractivity contribution in [3.63, 3.8) is 0 Å². The predicted octanol–water partition coefficient (Wildman–Crippen LogP) is 2.97. The third-order valence-corrected chi connectivity index (χ3v) is 2.52. The molecule has 1 aromatic carbocycles. The highest BCUT2D eigenvalue weighted by atomic mass is 35.5. The zero-order chi connectivity index (χ0) is 13.4. The first-order valence-electron chi connectivity index (χ1n) is 5.76. The van der Waals surface area contributed by atoms with Crippen LogP contribution in [-0.2, 0) is 9.53 Å². The summed E-state index contributed by atoms with van der Waals surface area (Å²) in [5, 5.41) is 12.3. The minimum atomic E-state index is -0.340. The van der Waals surface area contributed by atoms with Crippen molar-refractivity contribution < 1.29 is 9.53 Å². The SMILES string of the molecule is CCCCOC(=O)CNc1cc(Cl)ccc1C#N. The van der Waals surface area contributed by atoms with E-state index in [-0.39, 0.29) is 12.5 Å². The van der Waals surface area contributed by atoms with Crippen molar-refractivity contribution in [3.8, 4) is 6.07 Å². The normalized spacial score (nSPS) is 9.61. The van der Waals surface area contributed by atoms with Crippen LogP contribution in [0.4, 0.5) is 5.69 Å². The number of halogens is 1. The van der Waals surface area contributed by atoms with Crippen molar-refractivity contribution in [1.29, 1.82) is 5.26 Å². The maximum absolute atomic E-state index is 11.4. The fourth-order valence-electron chi connectivity index (χ4n) is 1.31. The van der Waals surface area contributed by atoms with Crippen LogP contribution < -0.4 is 5.32 Å². The topological polar surface area (TPSA) is 62.1 Å². The Morgan fingerprint density at radius 3 is 3.00 bits per heavy atom. The van der Waals surface area contributed by atoms with Gasteiger partial charge in [-0.3, -0.25) is 4.79 Å². The van der Waals surface area contributed by atoms with E-state index in [0.717, 1.165) is 12.8 Å². The molecule has 0 spiro atoms. The lowest BCUT2D eigenvalue weighted by Crippen LogP contribution is -2.17. The van der Waals surface area contributed by atoms with E-state index in [4.69, 9.17) is 21.6 Å². The molecule has 0 bridgehead atoms. The number of hydrogen-bond donors (Lipinski definition) is 1.